The topological polar surface area (TPSA) is 24.5 Å². The van der Waals surface area contributed by atoms with E-state index in [9.17, 15) is 0 Å². The fourth-order valence-electron chi connectivity index (χ4n) is 2.85. The van der Waals surface area contributed by atoms with Gasteiger partial charge < -0.3 is 10.1 Å². The molecule has 118 valence electrons. The number of hydrogen-bond donors (Lipinski definition) is 1. The Kier molecular flexibility index (Phi) is 7.27. The second kappa shape index (κ2) is 8.96. The highest BCUT2D eigenvalue weighted by Gasteiger charge is 2.20. The van der Waals surface area contributed by atoms with Crippen molar-refractivity contribution < 1.29 is 4.74 Å². The van der Waals surface area contributed by atoms with Gasteiger partial charge in [0.05, 0.1) is 16.7 Å². The van der Waals surface area contributed by atoms with E-state index in [0.29, 0.717) is 16.0 Å². The molecule has 0 saturated carbocycles. The summed E-state index contributed by atoms with van der Waals surface area (Å²) in [6.07, 6.45) is 2.54. The second-order valence-corrected chi connectivity index (χ2v) is 6.44. The second-order valence-electron chi connectivity index (χ2n) is 5.65. The van der Waals surface area contributed by atoms with Gasteiger partial charge in [-0.1, -0.05) is 35.3 Å². The number of piperidine rings is 1. The van der Waals surface area contributed by atoms with Gasteiger partial charge in [0.25, 0.3) is 0 Å². The molecule has 1 fully saturated rings. The van der Waals surface area contributed by atoms with E-state index in [0.717, 1.165) is 44.9 Å². The maximum absolute atomic E-state index is 6.28. The minimum absolute atomic E-state index is 0.643. The van der Waals surface area contributed by atoms with Gasteiger partial charge in [-0.15, -0.1) is 0 Å². The van der Waals surface area contributed by atoms with Crippen LogP contribution in [0.5, 0.6) is 0 Å². The standard InChI is InChI=1S/C16H24Cl2N2O/c1-21-9-7-19-10-13-4-3-8-20(11-13)12-14-5-2-6-15(17)16(14)18/h2,5-6,13,19H,3-4,7-12H2,1H3. The number of likely N-dealkylation sites (tertiary alicyclic amines) is 1. The lowest BCUT2D eigenvalue weighted by Gasteiger charge is -2.33. The number of nitrogens with one attached hydrogen (secondary N) is 1. The Bertz CT molecular complexity index is 442. The molecule has 0 aliphatic carbocycles. The third-order valence-electron chi connectivity index (χ3n) is 3.94. The quantitative estimate of drug-likeness (QED) is 0.775. The van der Waals surface area contributed by atoms with Crippen molar-refractivity contribution in [3.05, 3.63) is 33.8 Å². The van der Waals surface area contributed by atoms with Gasteiger partial charge in [0.1, 0.15) is 0 Å². The van der Waals surface area contributed by atoms with Crippen LogP contribution >= 0.6 is 23.2 Å². The van der Waals surface area contributed by atoms with E-state index < -0.39 is 0 Å². The highest BCUT2D eigenvalue weighted by molar-refractivity contribution is 6.42. The molecule has 0 aromatic heterocycles. The zero-order valence-corrected chi connectivity index (χ0v) is 14.1. The van der Waals surface area contributed by atoms with Crippen molar-refractivity contribution in [2.75, 3.05) is 39.9 Å². The first kappa shape index (κ1) is 17.0. The molecule has 1 heterocycles. The van der Waals surface area contributed by atoms with Gasteiger partial charge in [0.15, 0.2) is 0 Å². The van der Waals surface area contributed by atoms with Gasteiger partial charge in [0, 0.05) is 26.7 Å². The third kappa shape index (κ3) is 5.42. The first-order valence-corrected chi connectivity index (χ1v) is 8.31. The van der Waals surface area contributed by atoms with Gasteiger partial charge in [0.2, 0.25) is 0 Å². The van der Waals surface area contributed by atoms with Crippen LogP contribution in [0.2, 0.25) is 10.0 Å². The van der Waals surface area contributed by atoms with E-state index in [1.807, 2.05) is 12.1 Å². The molecule has 1 aliphatic heterocycles. The monoisotopic (exact) mass is 330 g/mol. The highest BCUT2D eigenvalue weighted by atomic mass is 35.5. The van der Waals surface area contributed by atoms with Crippen LogP contribution in [0, 0.1) is 5.92 Å². The van der Waals surface area contributed by atoms with Crippen molar-refractivity contribution in [3.8, 4) is 0 Å². The molecular formula is C16H24Cl2N2O. The molecule has 1 saturated heterocycles. The predicted octanol–water partition coefficient (Wildman–Crippen LogP) is 3.44. The van der Waals surface area contributed by atoms with Crippen LogP contribution in [-0.4, -0.2) is 44.8 Å². The van der Waals surface area contributed by atoms with E-state index in [4.69, 9.17) is 27.9 Å². The van der Waals surface area contributed by atoms with Crippen LogP contribution in [-0.2, 0) is 11.3 Å². The average molecular weight is 331 g/mol. The van der Waals surface area contributed by atoms with E-state index >= 15 is 0 Å². The van der Waals surface area contributed by atoms with Crippen LogP contribution in [0.4, 0.5) is 0 Å². The summed E-state index contributed by atoms with van der Waals surface area (Å²) in [7, 11) is 1.73. The molecule has 5 heteroatoms. The summed E-state index contributed by atoms with van der Waals surface area (Å²) in [4.78, 5) is 2.48. The van der Waals surface area contributed by atoms with E-state index in [-0.39, 0.29) is 0 Å². The number of rotatable bonds is 7. The van der Waals surface area contributed by atoms with Crippen LogP contribution in [0.15, 0.2) is 18.2 Å². The van der Waals surface area contributed by atoms with Crippen LogP contribution in [0.3, 0.4) is 0 Å². The number of nitrogens with zero attached hydrogens (tertiary/aromatic N) is 1. The maximum Gasteiger partial charge on any atom is 0.0637 e. The molecule has 0 amide bonds. The number of halogens is 2. The summed E-state index contributed by atoms with van der Waals surface area (Å²) in [6.45, 7) is 5.89. The number of methoxy groups -OCH3 is 1. The van der Waals surface area contributed by atoms with E-state index in [2.05, 4.69) is 16.3 Å². The zero-order chi connectivity index (χ0) is 15.1. The van der Waals surface area contributed by atoms with Crippen LogP contribution in [0.25, 0.3) is 0 Å². The van der Waals surface area contributed by atoms with Crippen molar-refractivity contribution in [1.29, 1.82) is 0 Å². The Labute approximate surface area is 137 Å². The molecule has 21 heavy (non-hydrogen) atoms. The van der Waals surface area contributed by atoms with Crippen molar-refractivity contribution in [2.24, 2.45) is 5.92 Å². The summed E-state index contributed by atoms with van der Waals surface area (Å²) in [5.74, 6) is 0.702. The molecule has 1 unspecified atom stereocenters. The number of benzene rings is 1. The zero-order valence-electron chi connectivity index (χ0n) is 12.6. The van der Waals surface area contributed by atoms with Crippen molar-refractivity contribution in [2.45, 2.75) is 19.4 Å². The summed E-state index contributed by atoms with van der Waals surface area (Å²) in [5.41, 5.74) is 1.12. The van der Waals surface area contributed by atoms with Gasteiger partial charge in [-0.3, -0.25) is 4.90 Å². The average Bonchev–Trinajstić information content (AvgIpc) is 2.49. The molecule has 1 aliphatic rings. The van der Waals surface area contributed by atoms with Crippen molar-refractivity contribution >= 4 is 23.2 Å². The minimum atomic E-state index is 0.643. The van der Waals surface area contributed by atoms with E-state index in [1.165, 1.54) is 12.8 Å². The number of ether oxygens (including phenoxy) is 1. The smallest absolute Gasteiger partial charge is 0.0637 e. The SMILES string of the molecule is COCCNCC1CCCN(Cc2cccc(Cl)c2Cl)C1. The summed E-state index contributed by atoms with van der Waals surface area (Å²) in [5, 5.41) is 4.80. The molecule has 1 aromatic carbocycles. The highest BCUT2D eigenvalue weighted by Crippen LogP contribution is 2.27. The van der Waals surface area contributed by atoms with Crippen LogP contribution in [0.1, 0.15) is 18.4 Å². The minimum Gasteiger partial charge on any atom is -0.383 e. The summed E-state index contributed by atoms with van der Waals surface area (Å²) < 4.78 is 5.06. The summed E-state index contributed by atoms with van der Waals surface area (Å²) in [6, 6.07) is 5.87. The molecule has 3 nitrogen and oxygen atoms in total. The molecule has 1 N–H and O–H groups in total. The van der Waals surface area contributed by atoms with Gasteiger partial charge >= 0.3 is 0 Å². The first-order chi connectivity index (χ1) is 10.2. The Morgan fingerprint density at radius 2 is 2.24 bits per heavy atom. The van der Waals surface area contributed by atoms with Crippen LogP contribution < -0.4 is 5.32 Å². The molecule has 0 radical (unpaired) electrons. The molecule has 1 aromatic rings. The maximum atomic E-state index is 6.28. The Morgan fingerprint density at radius 3 is 3.05 bits per heavy atom. The van der Waals surface area contributed by atoms with Crippen molar-refractivity contribution in [1.82, 2.24) is 10.2 Å². The van der Waals surface area contributed by atoms with Gasteiger partial charge in [-0.25, -0.2) is 0 Å². The Hall–Kier alpha value is -0.320. The van der Waals surface area contributed by atoms with Gasteiger partial charge in [-0.2, -0.15) is 0 Å². The molecular weight excluding hydrogens is 307 g/mol. The fourth-order valence-corrected chi connectivity index (χ4v) is 3.23. The van der Waals surface area contributed by atoms with Gasteiger partial charge in [-0.05, 0) is 43.5 Å². The number of hydrogen-bond acceptors (Lipinski definition) is 3. The lowest BCUT2D eigenvalue weighted by atomic mass is 9.97. The largest absolute Gasteiger partial charge is 0.383 e. The van der Waals surface area contributed by atoms with Crippen molar-refractivity contribution in [3.63, 3.8) is 0 Å². The summed E-state index contributed by atoms with van der Waals surface area (Å²) >= 11 is 12.4. The third-order valence-corrected chi connectivity index (χ3v) is 4.80. The predicted molar refractivity (Wildman–Crippen MR) is 89.2 cm³/mol. The molecule has 2 rings (SSSR count). The Morgan fingerprint density at radius 1 is 1.38 bits per heavy atom. The lowest BCUT2D eigenvalue weighted by Crippen LogP contribution is -2.39. The Balaban J connectivity index is 1.82. The normalized spacial score (nSPS) is 19.9. The molecule has 0 spiro atoms. The lowest BCUT2D eigenvalue weighted by molar-refractivity contribution is 0.159. The van der Waals surface area contributed by atoms with E-state index in [1.54, 1.807) is 7.11 Å². The fraction of sp³-hybridized carbons (Fsp3) is 0.625. The molecule has 0 bridgehead atoms. The molecule has 1 atom stereocenters. The first-order valence-electron chi connectivity index (χ1n) is 7.55.